The van der Waals surface area contributed by atoms with Crippen LogP contribution >= 0.6 is 15.9 Å². The number of hydrogen-bond acceptors (Lipinski definition) is 2. The molecular formula is C14H15BrFNO2. The van der Waals surface area contributed by atoms with Crippen LogP contribution in [0.2, 0.25) is 0 Å². The number of carbonyl (C=O) groups is 1. The average Bonchev–Trinajstić information content (AvgIpc) is 3.13. The van der Waals surface area contributed by atoms with Gasteiger partial charge in [0, 0.05) is 13.1 Å². The maximum absolute atomic E-state index is 13.5. The fourth-order valence-corrected chi connectivity index (χ4v) is 3.20. The average molecular weight is 328 g/mol. The van der Waals surface area contributed by atoms with Gasteiger partial charge in [-0.15, -0.1) is 0 Å². The fourth-order valence-electron chi connectivity index (χ4n) is 2.87. The molecule has 0 amide bonds. The van der Waals surface area contributed by atoms with E-state index in [2.05, 4.69) is 20.8 Å². The smallest absolute Gasteiger partial charge is 0.337 e. The van der Waals surface area contributed by atoms with Crippen LogP contribution in [0.25, 0.3) is 0 Å². The lowest BCUT2D eigenvalue weighted by atomic mass is 9.93. The Morgan fingerprint density at radius 1 is 1.26 bits per heavy atom. The summed E-state index contributed by atoms with van der Waals surface area (Å²) >= 11 is 3.14. The Morgan fingerprint density at radius 2 is 1.89 bits per heavy atom. The molecule has 0 atom stereocenters. The van der Waals surface area contributed by atoms with Crippen LogP contribution in [0.1, 0.15) is 36.0 Å². The fraction of sp³-hybridized carbons (Fsp3) is 0.500. The lowest BCUT2D eigenvalue weighted by molar-refractivity contribution is 0.0697. The predicted octanol–water partition coefficient (Wildman–Crippen LogP) is 3.67. The number of halogens is 2. The van der Waals surface area contributed by atoms with Crippen molar-refractivity contribution in [1.82, 2.24) is 0 Å². The summed E-state index contributed by atoms with van der Waals surface area (Å²) in [7, 11) is 0. The number of carboxylic acids is 1. The van der Waals surface area contributed by atoms with Gasteiger partial charge < -0.3 is 10.0 Å². The van der Waals surface area contributed by atoms with Crippen LogP contribution in [0.5, 0.6) is 0 Å². The number of carboxylic acid groups (broad SMARTS) is 1. The van der Waals surface area contributed by atoms with Crippen LogP contribution in [0.15, 0.2) is 16.6 Å². The molecule has 5 heteroatoms. The monoisotopic (exact) mass is 327 g/mol. The minimum Gasteiger partial charge on any atom is -0.478 e. The second kappa shape index (κ2) is 4.47. The molecule has 0 bridgehead atoms. The molecule has 0 unspecified atom stereocenters. The predicted molar refractivity (Wildman–Crippen MR) is 74.2 cm³/mol. The van der Waals surface area contributed by atoms with Crippen LogP contribution in [0.3, 0.4) is 0 Å². The van der Waals surface area contributed by atoms with Gasteiger partial charge in [0.05, 0.1) is 15.7 Å². The normalized spacial score (nSPS) is 20.6. The molecule has 1 saturated heterocycles. The van der Waals surface area contributed by atoms with E-state index in [1.54, 1.807) is 6.07 Å². The second-order valence-corrected chi connectivity index (χ2v) is 6.43. The van der Waals surface area contributed by atoms with Crippen LogP contribution in [-0.4, -0.2) is 24.2 Å². The Kier molecular flexibility index (Phi) is 3.04. The maximum Gasteiger partial charge on any atom is 0.337 e. The van der Waals surface area contributed by atoms with E-state index < -0.39 is 11.8 Å². The molecule has 102 valence electrons. The first kappa shape index (κ1) is 12.9. The second-order valence-electron chi connectivity index (χ2n) is 5.58. The third-order valence-electron chi connectivity index (χ3n) is 4.39. The highest BCUT2D eigenvalue weighted by molar-refractivity contribution is 9.10. The highest BCUT2D eigenvalue weighted by atomic mass is 79.9. The van der Waals surface area contributed by atoms with E-state index >= 15 is 0 Å². The van der Waals surface area contributed by atoms with Crippen molar-refractivity contribution in [2.75, 3.05) is 18.0 Å². The van der Waals surface area contributed by atoms with Gasteiger partial charge in [0.1, 0.15) is 5.82 Å². The molecule has 1 aliphatic carbocycles. The van der Waals surface area contributed by atoms with Gasteiger partial charge in [-0.1, -0.05) is 0 Å². The summed E-state index contributed by atoms with van der Waals surface area (Å²) in [5, 5.41) is 9.22. The molecule has 1 saturated carbocycles. The van der Waals surface area contributed by atoms with Gasteiger partial charge in [-0.3, -0.25) is 0 Å². The molecule has 1 spiro atoms. The Hall–Kier alpha value is -1.10. The van der Waals surface area contributed by atoms with Gasteiger partial charge in [-0.2, -0.15) is 0 Å². The van der Waals surface area contributed by atoms with E-state index in [1.165, 1.54) is 12.8 Å². The lowest BCUT2D eigenvalue weighted by Crippen LogP contribution is -2.35. The summed E-state index contributed by atoms with van der Waals surface area (Å²) < 4.78 is 13.8. The molecule has 19 heavy (non-hydrogen) atoms. The highest BCUT2D eigenvalue weighted by Gasteiger charge is 2.44. The van der Waals surface area contributed by atoms with E-state index in [-0.39, 0.29) is 5.56 Å². The molecule has 1 heterocycles. The van der Waals surface area contributed by atoms with E-state index in [9.17, 15) is 14.3 Å². The summed E-state index contributed by atoms with van der Waals surface area (Å²) in [6, 6.07) is 2.69. The van der Waals surface area contributed by atoms with Crippen molar-refractivity contribution >= 4 is 27.6 Å². The first-order valence-electron chi connectivity index (χ1n) is 6.48. The molecule has 1 N–H and O–H groups in total. The van der Waals surface area contributed by atoms with Crippen molar-refractivity contribution in [3.05, 3.63) is 28.0 Å². The van der Waals surface area contributed by atoms with Crippen molar-refractivity contribution in [3.63, 3.8) is 0 Å². The summed E-state index contributed by atoms with van der Waals surface area (Å²) in [5.41, 5.74) is 1.21. The van der Waals surface area contributed by atoms with Gasteiger partial charge in [0.25, 0.3) is 0 Å². The van der Waals surface area contributed by atoms with Crippen molar-refractivity contribution in [2.45, 2.75) is 25.7 Å². The summed E-state index contributed by atoms with van der Waals surface area (Å²) in [5.74, 6) is -1.61. The van der Waals surface area contributed by atoms with E-state index in [4.69, 9.17) is 0 Å². The molecule has 1 aromatic carbocycles. The Labute approximate surface area is 119 Å². The van der Waals surface area contributed by atoms with Crippen molar-refractivity contribution < 1.29 is 14.3 Å². The lowest BCUT2D eigenvalue weighted by Gasteiger charge is -2.34. The SMILES string of the molecule is O=C(O)c1cc(F)c(Br)cc1N1CCC2(CC1)CC2. The van der Waals surface area contributed by atoms with Crippen LogP contribution < -0.4 is 4.90 Å². The molecule has 2 aliphatic rings. The van der Waals surface area contributed by atoms with Gasteiger partial charge in [-0.05, 0) is 59.2 Å². The van der Waals surface area contributed by atoms with Crippen LogP contribution in [-0.2, 0) is 0 Å². The number of nitrogens with zero attached hydrogens (tertiary/aromatic N) is 1. The van der Waals surface area contributed by atoms with E-state index in [0.29, 0.717) is 15.6 Å². The molecule has 3 rings (SSSR count). The molecule has 1 aromatic rings. The molecule has 0 radical (unpaired) electrons. The first-order chi connectivity index (χ1) is 9.01. The maximum atomic E-state index is 13.5. The molecule has 1 aliphatic heterocycles. The topological polar surface area (TPSA) is 40.5 Å². The number of hydrogen-bond donors (Lipinski definition) is 1. The van der Waals surface area contributed by atoms with E-state index in [0.717, 1.165) is 32.0 Å². The minimum absolute atomic E-state index is 0.0486. The van der Waals surface area contributed by atoms with E-state index in [1.807, 2.05) is 0 Å². The van der Waals surface area contributed by atoms with Crippen LogP contribution in [0.4, 0.5) is 10.1 Å². The number of rotatable bonds is 2. The van der Waals surface area contributed by atoms with Crippen LogP contribution in [0, 0.1) is 11.2 Å². The summed E-state index contributed by atoms with van der Waals surface area (Å²) in [6.07, 6.45) is 4.83. The first-order valence-corrected chi connectivity index (χ1v) is 7.27. The molecule has 2 fully saturated rings. The van der Waals surface area contributed by atoms with Gasteiger partial charge >= 0.3 is 5.97 Å². The Morgan fingerprint density at radius 3 is 2.42 bits per heavy atom. The molecule has 0 aromatic heterocycles. The zero-order valence-electron chi connectivity index (χ0n) is 10.5. The zero-order chi connectivity index (χ0) is 13.6. The number of piperidine rings is 1. The Bertz CT molecular complexity index is 532. The number of anilines is 1. The largest absolute Gasteiger partial charge is 0.478 e. The van der Waals surface area contributed by atoms with Crippen molar-refractivity contribution in [1.29, 1.82) is 0 Å². The van der Waals surface area contributed by atoms with Gasteiger partial charge in [-0.25, -0.2) is 9.18 Å². The molecule has 3 nitrogen and oxygen atoms in total. The number of benzene rings is 1. The minimum atomic E-state index is -1.08. The van der Waals surface area contributed by atoms with Gasteiger partial charge in [0.2, 0.25) is 0 Å². The van der Waals surface area contributed by atoms with Gasteiger partial charge in [0.15, 0.2) is 0 Å². The summed E-state index contributed by atoms with van der Waals surface area (Å²) in [6.45, 7) is 1.72. The van der Waals surface area contributed by atoms with Crippen molar-refractivity contribution in [2.24, 2.45) is 5.41 Å². The van der Waals surface area contributed by atoms with Crippen molar-refractivity contribution in [3.8, 4) is 0 Å². The third-order valence-corrected chi connectivity index (χ3v) is 5.00. The quantitative estimate of drug-likeness (QED) is 0.901. The highest BCUT2D eigenvalue weighted by Crippen LogP contribution is 2.54. The number of aromatic carboxylic acids is 1. The zero-order valence-corrected chi connectivity index (χ0v) is 12.0. The standard InChI is InChI=1S/C14H15BrFNO2/c15-10-8-12(9(13(18)19)7-11(10)16)17-5-3-14(1-2-14)4-6-17/h7-8H,1-6H2,(H,18,19). The third kappa shape index (κ3) is 2.36. The summed E-state index contributed by atoms with van der Waals surface area (Å²) in [4.78, 5) is 13.3. The molecular weight excluding hydrogens is 313 g/mol. The Balaban J connectivity index is 1.90.